The van der Waals surface area contributed by atoms with Crippen molar-refractivity contribution in [1.29, 1.82) is 0 Å². The third kappa shape index (κ3) is 2.04. The molecule has 0 radical (unpaired) electrons. The molecule has 1 aromatic rings. The van der Waals surface area contributed by atoms with Crippen molar-refractivity contribution in [3.8, 4) is 11.8 Å². The highest BCUT2D eigenvalue weighted by atomic mass is 35.5. The molecule has 0 saturated carbocycles. The summed E-state index contributed by atoms with van der Waals surface area (Å²) in [5, 5.41) is 0.145. The Morgan fingerprint density at radius 2 is 2.42 bits per heavy atom. The normalized spacial score (nSPS) is 8.50. The van der Waals surface area contributed by atoms with E-state index in [0.29, 0.717) is 6.29 Å². The van der Waals surface area contributed by atoms with Crippen LogP contribution in [0.15, 0.2) is 12.3 Å². The van der Waals surface area contributed by atoms with Crippen LogP contribution in [0, 0.1) is 17.7 Å². The van der Waals surface area contributed by atoms with Gasteiger partial charge in [-0.3, -0.25) is 4.79 Å². The molecule has 1 rings (SSSR count). The highest BCUT2D eigenvalue weighted by Gasteiger charge is 1.99. The van der Waals surface area contributed by atoms with E-state index in [1.54, 1.807) is 0 Å². The second-order valence-corrected chi connectivity index (χ2v) is 2.26. The van der Waals surface area contributed by atoms with Gasteiger partial charge < -0.3 is 0 Å². The van der Waals surface area contributed by atoms with Crippen LogP contribution in [0.2, 0.25) is 5.15 Å². The molecule has 0 fully saturated rings. The van der Waals surface area contributed by atoms with Gasteiger partial charge in [-0.15, -0.1) is 0 Å². The van der Waals surface area contributed by atoms with Gasteiger partial charge in [-0.2, -0.15) is 0 Å². The highest BCUT2D eigenvalue weighted by molar-refractivity contribution is 6.29. The molecule has 4 heteroatoms. The maximum Gasteiger partial charge on any atom is 0.193 e. The number of carbonyl (C=O) groups excluding carboxylic acids is 1. The quantitative estimate of drug-likeness (QED) is 0.346. The lowest BCUT2D eigenvalue weighted by Gasteiger charge is -1.92. The predicted molar refractivity (Wildman–Crippen MR) is 42.1 cm³/mol. The Labute approximate surface area is 73.4 Å². The van der Waals surface area contributed by atoms with Gasteiger partial charge >= 0.3 is 0 Å². The smallest absolute Gasteiger partial charge is 0.193 e. The van der Waals surface area contributed by atoms with Crippen molar-refractivity contribution in [3.63, 3.8) is 0 Å². The first-order chi connectivity index (χ1) is 5.74. The second-order valence-electron chi connectivity index (χ2n) is 1.87. The Hall–Kier alpha value is -1.40. The number of hydrogen-bond donors (Lipinski definition) is 0. The molecule has 0 saturated heterocycles. The summed E-state index contributed by atoms with van der Waals surface area (Å²) in [5.74, 6) is 3.77. The number of halogens is 2. The molecule has 2 nitrogen and oxygen atoms in total. The van der Waals surface area contributed by atoms with Crippen molar-refractivity contribution in [2.75, 3.05) is 0 Å². The monoisotopic (exact) mass is 183 g/mol. The molecule has 0 bridgehead atoms. The lowest BCUT2D eigenvalue weighted by molar-refractivity contribution is -0.103. The fourth-order valence-electron chi connectivity index (χ4n) is 0.616. The van der Waals surface area contributed by atoms with Crippen LogP contribution in [0.25, 0.3) is 0 Å². The number of carbonyl (C=O) groups is 1. The van der Waals surface area contributed by atoms with Crippen molar-refractivity contribution in [2.45, 2.75) is 0 Å². The number of pyridine rings is 1. The SMILES string of the molecule is O=CC#Cc1cc(Cl)ncc1F. The number of hydrogen-bond acceptors (Lipinski definition) is 2. The molecule has 0 amide bonds. The van der Waals surface area contributed by atoms with Crippen LogP contribution in [0.3, 0.4) is 0 Å². The van der Waals surface area contributed by atoms with Gasteiger partial charge in [0.05, 0.1) is 11.8 Å². The summed E-state index contributed by atoms with van der Waals surface area (Å²) in [6, 6.07) is 1.26. The molecule has 0 aliphatic rings. The molecule has 0 aliphatic heterocycles. The average molecular weight is 184 g/mol. The summed E-state index contributed by atoms with van der Waals surface area (Å²) < 4.78 is 12.8. The van der Waals surface area contributed by atoms with Crippen molar-refractivity contribution >= 4 is 17.9 Å². The molecule has 0 aromatic carbocycles. The second kappa shape index (κ2) is 3.84. The van der Waals surface area contributed by atoms with Crippen molar-refractivity contribution in [1.82, 2.24) is 4.98 Å². The van der Waals surface area contributed by atoms with Crippen LogP contribution in [-0.4, -0.2) is 11.3 Å². The maximum atomic E-state index is 12.8. The summed E-state index contributed by atoms with van der Waals surface area (Å²) in [6.45, 7) is 0. The molecule has 0 aliphatic carbocycles. The third-order valence-corrected chi connectivity index (χ3v) is 1.29. The first-order valence-electron chi connectivity index (χ1n) is 3.00. The van der Waals surface area contributed by atoms with Crippen LogP contribution in [-0.2, 0) is 4.79 Å². The van der Waals surface area contributed by atoms with Crippen LogP contribution in [0.5, 0.6) is 0 Å². The minimum Gasteiger partial charge on any atom is -0.289 e. The maximum absolute atomic E-state index is 12.8. The van der Waals surface area contributed by atoms with Gasteiger partial charge in [0.1, 0.15) is 5.15 Å². The van der Waals surface area contributed by atoms with Gasteiger partial charge in [0.2, 0.25) is 0 Å². The van der Waals surface area contributed by atoms with E-state index in [1.807, 2.05) is 0 Å². The Bertz CT molecular complexity index is 367. The average Bonchev–Trinajstić information content (AvgIpc) is 2.07. The standard InChI is InChI=1S/C8H3ClFNO/c9-8-4-6(2-1-3-12)7(10)5-11-8/h3-5H. The molecule has 0 unspecified atom stereocenters. The predicted octanol–water partition coefficient (Wildman–Crippen LogP) is 1.42. The Morgan fingerprint density at radius 1 is 1.67 bits per heavy atom. The molecule has 1 heterocycles. The van der Waals surface area contributed by atoms with Gasteiger partial charge in [-0.05, 0) is 12.0 Å². The number of nitrogens with zero attached hydrogens (tertiary/aromatic N) is 1. The number of aldehydes is 1. The Morgan fingerprint density at radius 3 is 3.08 bits per heavy atom. The molecular formula is C8H3ClFNO. The van der Waals surface area contributed by atoms with Crippen molar-refractivity contribution in [2.24, 2.45) is 0 Å². The van der Waals surface area contributed by atoms with E-state index < -0.39 is 5.82 Å². The molecular weight excluding hydrogens is 181 g/mol. The van der Waals surface area contributed by atoms with E-state index in [0.717, 1.165) is 6.20 Å². The summed E-state index contributed by atoms with van der Waals surface area (Å²) >= 11 is 5.46. The largest absolute Gasteiger partial charge is 0.289 e. The minimum atomic E-state index is -0.589. The lowest BCUT2D eigenvalue weighted by atomic mass is 10.2. The minimum absolute atomic E-state index is 0.0714. The van der Waals surface area contributed by atoms with E-state index in [4.69, 9.17) is 11.6 Å². The van der Waals surface area contributed by atoms with E-state index in [-0.39, 0.29) is 10.7 Å². The summed E-state index contributed by atoms with van der Waals surface area (Å²) in [6.07, 6.45) is 1.34. The zero-order valence-corrected chi connectivity index (χ0v) is 6.60. The van der Waals surface area contributed by atoms with Crippen LogP contribution >= 0.6 is 11.6 Å². The Balaban J connectivity index is 3.13. The third-order valence-electron chi connectivity index (χ3n) is 1.09. The lowest BCUT2D eigenvalue weighted by Crippen LogP contribution is -1.85. The summed E-state index contributed by atoms with van der Waals surface area (Å²) in [4.78, 5) is 13.3. The van der Waals surface area contributed by atoms with E-state index in [1.165, 1.54) is 6.07 Å². The van der Waals surface area contributed by atoms with Gasteiger partial charge in [-0.1, -0.05) is 17.5 Å². The first kappa shape index (κ1) is 8.69. The van der Waals surface area contributed by atoms with E-state index in [9.17, 15) is 9.18 Å². The van der Waals surface area contributed by atoms with E-state index in [2.05, 4.69) is 16.8 Å². The van der Waals surface area contributed by atoms with Gasteiger partial charge in [0, 0.05) is 0 Å². The molecule has 1 aromatic heterocycles. The number of rotatable bonds is 0. The molecule has 0 spiro atoms. The molecule has 60 valence electrons. The summed E-state index contributed by atoms with van der Waals surface area (Å²) in [5.41, 5.74) is 0.0714. The van der Waals surface area contributed by atoms with Gasteiger partial charge in [0.25, 0.3) is 0 Å². The fraction of sp³-hybridized carbons (Fsp3) is 0. The van der Waals surface area contributed by atoms with Crippen LogP contribution < -0.4 is 0 Å². The van der Waals surface area contributed by atoms with E-state index >= 15 is 0 Å². The number of aromatic nitrogens is 1. The molecule has 0 atom stereocenters. The van der Waals surface area contributed by atoms with Crippen molar-refractivity contribution in [3.05, 3.63) is 28.8 Å². The molecule has 12 heavy (non-hydrogen) atoms. The zero-order chi connectivity index (χ0) is 8.97. The Kier molecular flexibility index (Phi) is 2.78. The topological polar surface area (TPSA) is 30.0 Å². The van der Waals surface area contributed by atoms with Crippen LogP contribution in [0.4, 0.5) is 4.39 Å². The summed E-state index contributed by atoms with van der Waals surface area (Å²) in [7, 11) is 0. The zero-order valence-electron chi connectivity index (χ0n) is 5.84. The first-order valence-corrected chi connectivity index (χ1v) is 3.38. The highest BCUT2D eigenvalue weighted by Crippen LogP contribution is 2.09. The fourth-order valence-corrected chi connectivity index (χ4v) is 0.774. The van der Waals surface area contributed by atoms with Crippen LogP contribution in [0.1, 0.15) is 5.56 Å². The molecule has 0 N–H and O–H groups in total. The van der Waals surface area contributed by atoms with Gasteiger partial charge in [-0.25, -0.2) is 9.37 Å². The van der Waals surface area contributed by atoms with Crippen molar-refractivity contribution < 1.29 is 9.18 Å². The van der Waals surface area contributed by atoms with Gasteiger partial charge in [0.15, 0.2) is 12.1 Å².